The Bertz CT molecular complexity index is 1070. The number of aryl methyl sites for hydroxylation is 3. The maximum atomic E-state index is 12.6. The van der Waals surface area contributed by atoms with Crippen LogP contribution in [-0.2, 0) is 9.53 Å². The Morgan fingerprint density at radius 1 is 1.11 bits per heavy atom. The van der Waals surface area contributed by atoms with Crippen molar-refractivity contribution in [1.29, 1.82) is 0 Å². The smallest absolute Gasteiger partial charge is 0.337 e. The number of aromatic nitrogens is 1. The number of carboxylic acids is 1. The first kappa shape index (κ1) is 28.6. The molecule has 2 heterocycles. The van der Waals surface area contributed by atoms with E-state index in [1.807, 2.05) is 53.7 Å². The van der Waals surface area contributed by atoms with E-state index in [4.69, 9.17) is 14.5 Å². The van der Waals surface area contributed by atoms with Gasteiger partial charge in [-0.25, -0.2) is 4.79 Å². The summed E-state index contributed by atoms with van der Waals surface area (Å²) in [7, 11) is 1.67. The molecule has 7 heteroatoms. The van der Waals surface area contributed by atoms with E-state index in [2.05, 4.69) is 24.8 Å². The number of carbonyl (C=O) groups is 1. The molecule has 1 atom stereocenters. The van der Waals surface area contributed by atoms with Gasteiger partial charge >= 0.3 is 5.97 Å². The molecule has 0 radical (unpaired) electrons. The highest BCUT2D eigenvalue weighted by atomic mass is 19.0. The third-order valence-electron chi connectivity index (χ3n) is 6.67. The van der Waals surface area contributed by atoms with Crippen molar-refractivity contribution in [2.24, 2.45) is 5.41 Å². The Balaban J connectivity index is 0.00000432. The standard InChI is InChI=1S/C28H40N2O4.FH/c1-17-10-11-20(16-21(17)33-9)22-18(2)29-19(3)23(25(26(31)32)34-27(4,5)6)24(22)30-14-12-28(7,8)13-15-30;/h10-11,16,25H,12-15H2,1-9H3,(H,31,32);1H/t25-;/m0./s1. The van der Waals surface area contributed by atoms with Gasteiger partial charge in [0.2, 0.25) is 0 Å². The third-order valence-corrected chi connectivity index (χ3v) is 6.67. The molecular weight excluding hydrogens is 447 g/mol. The number of carboxylic acid groups (broad SMARTS) is 1. The summed E-state index contributed by atoms with van der Waals surface area (Å²) >= 11 is 0. The minimum absolute atomic E-state index is 0. The van der Waals surface area contributed by atoms with Crippen molar-refractivity contribution in [3.63, 3.8) is 0 Å². The van der Waals surface area contributed by atoms with Crippen molar-refractivity contribution in [2.75, 3.05) is 25.1 Å². The quantitative estimate of drug-likeness (QED) is 0.507. The van der Waals surface area contributed by atoms with Crippen LogP contribution in [0.4, 0.5) is 10.4 Å². The molecule has 1 aliphatic rings. The van der Waals surface area contributed by atoms with Crippen molar-refractivity contribution in [3.05, 3.63) is 40.7 Å². The van der Waals surface area contributed by atoms with Gasteiger partial charge in [-0.3, -0.25) is 9.69 Å². The average molecular weight is 489 g/mol. The number of piperidine rings is 1. The molecular formula is C28H41FN2O4. The van der Waals surface area contributed by atoms with Crippen molar-refractivity contribution in [2.45, 2.75) is 79.9 Å². The van der Waals surface area contributed by atoms with E-state index in [1.54, 1.807) is 7.11 Å². The molecule has 1 saturated heterocycles. The van der Waals surface area contributed by atoms with E-state index in [0.29, 0.717) is 11.3 Å². The fourth-order valence-corrected chi connectivity index (χ4v) is 4.73. The number of ether oxygens (including phenoxy) is 2. The molecule has 3 rings (SSSR count). The first-order valence-electron chi connectivity index (χ1n) is 12.1. The molecule has 0 spiro atoms. The first-order chi connectivity index (χ1) is 15.7. The lowest BCUT2D eigenvalue weighted by Gasteiger charge is -2.41. The van der Waals surface area contributed by atoms with Crippen LogP contribution in [0.2, 0.25) is 0 Å². The summed E-state index contributed by atoms with van der Waals surface area (Å²) in [5.74, 6) is -0.208. The third kappa shape index (κ3) is 6.31. The molecule has 194 valence electrons. The zero-order valence-corrected chi connectivity index (χ0v) is 22.6. The molecule has 2 aromatic rings. The van der Waals surface area contributed by atoms with Crippen LogP contribution in [-0.4, -0.2) is 41.9 Å². The number of nitrogens with zero attached hydrogens (tertiary/aromatic N) is 2. The lowest BCUT2D eigenvalue weighted by Crippen LogP contribution is -2.39. The molecule has 0 bridgehead atoms. The van der Waals surface area contributed by atoms with Crippen LogP contribution in [0.15, 0.2) is 18.2 Å². The maximum Gasteiger partial charge on any atom is 0.337 e. The highest BCUT2D eigenvalue weighted by Gasteiger charge is 2.36. The highest BCUT2D eigenvalue weighted by Crippen LogP contribution is 2.45. The van der Waals surface area contributed by atoms with E-state index < -0.39 is 17.7 Å². The van der Waals surface area contributed by atoms with Gasteiger partial charge in [-0.15, -0.1) is 0 Å². The van der Waals surface area contributed by atoms with Crippen LogP contribution in [0.25, 0.3) is 11.1 Å². The Labute approximate surface area is 209 Å². The van der Waals surface area contributed by atoms with Crippen LogP contribution < -0.4 is 9.64 Å². The lowest BCUT2D eigenvalue weighted by atomic mass is 9.81. The second-order valence-electron chi connectivity index (χ2n) is 11.2. The second-order valence-corrected chi connectivity index (χ2v) is 11.2. The number of aliphatic carboxylic acids is 1. The Morgan fingerprint density at radius 3 is 2.23 bits per heavy atom. The van der Waals surface area contributed by atoms with Gasteiger partial charge < -0.3 is 19.5 Å². The van der Waals surface area contributed by atoms with Gasteiger partial charge in [-0.2, -0.15) is 0 Å². The van der Waals surface area contributed by atoms with Crippen LogP contribution in [0.3, 0.4) is 0 Å². The molecule has 0 aliphatic carbocycles. The number of pyridine rings is 1. The molecule has 0 saturated carbocycles. The lowest BCUT2D eigenvalue weighted by molar-refractivity contribution is -0.160. The molecule has 6 nitrogen and oxygen atoms in total. The second kappa shape index (κ2) is 10.5. The average Bonchev–Trinajstić information content (AvgIpc) is 2.72. The van der Waals surface area contributed by atoms with Crippen LogP contribution in [0.1, 0.15) is 76.1 Å². The summed E-state index contributed by atoms with van der Waals surface area (Å²) in [6, 6.07) is 6.13. The zero-order chi connectivity index (χ0) is 25.4. The molecule has 35 heavy (non-hydrogen) atoms. The SMILES string of the molecule is COc1cc(-c2c(C)nc(C)c([C@H](OC(C)(C)C)C(=O)O)c2N2CCC(C)(C)CC2)ccc1C.F. The number of anilines is 1. The van der Waals surface area contributed by atoms with Gasteiger partial charge in [-0.1, -0.05) is 26.0 Å². The summed E-state index contributed by atoms with van der Waals surface area (Å²) in [5.41, 5.74) is 5.71. The molecule has 1 N–H and O–H groups in total. The van der Waals surface area contributed by atoms with E-state index in [1.165, 1.54) is 0 Å². The highest BCUT2D eigenvalue weighted by molar-refractivity contribution is 5.88. The minimum Gasteiger partial charge on any atom is -0.496 e. The number of rotatable bonds is 6. The Kier molecular flexibility index (Phi) is 8.59. The summed E-state index contributed by atoms with van der Waals surface area (Å²) in [6.07, 6.45) is 0.937. The van der Waals surface area contributed by atoms with E-state index in [9.17, 15) is 9.90 Å². The minimum atomic E-state index is -1.12. The van der Waals surface area contributed by atoms with Crippen molar-refractivity contribution in [3.8, 4) is 16.9 Å². The van der Waals surface area contributed by atoms with Gasteiger partial charge in [0.25, 0.3) is 0 Å². The summed E-state index contributed by atoms with van der Waals surface area (Å²) in [6.45, 7) is 17.8. The van der Waals surface area contributed by atoms with E-state index in [0.717, 1.165) is 59.8 Å². The summed E-state index contributed by atoms with van der Waals surface area (Å²) < 4.78 is 11.8. The molecule has 1 aromatic heterocycles. The predicted octanol–water partition coefficient (Wildman–Crippen LogP) is 6.40. The van der Waals surface area contributed by atoms with Gasteiger partial charge in [0, 0.05) is 35.6 Å². The van der Waals surface area contributed by atoms with Crippen LogP contribution in [0, 0.1) is 26.2 Å². The van der Waals surface area contributed by atoms with Gasteiger partial charge in [-0.05, 0) is 77.0 Å². The van der Waals surface area contributed by atoms with Gasteiger partial charge in [0.1, 0.15) is 5.75 Å². The van der Waals surface area contributed by atoms with Crippen molar-refractivity contribution >= 4 is 11.7 Å². The normalized spacial score (nSPS) is 16.4. The molecule has 0 amide bonds. The molecule has 1 fully saturated rings. The maximum absolute atomic E-state index is 12.6. The molecule has 0 unspecified atom stereocenters. The fourth-order valence-electron chi connectivity index (χ4n) is 4.73. The largest absolute Gasteiger partial charge is 0.496 e. The fraction of sp³-hybridized carbons (Fsp3) is 0.571. The topological polar surface area (TPSA) is 71.9 Å². The number of hydrogen-bond acceptors (Lipinski definition) is 5. The Hall–Kier alpha value is -2.67. The molecule has 1 aliphatic heterocycles. The number of hydrogen-bond donors (Lipinski definition) is 1. The van der Waals surface area contributed by atoms with Gasteiger partial charge in [0.05, 0.1) is 18.4 Å². The van der Waals surface area contributed by atoms with E-state index >= 15 is 0 Å². The number of halogens is 1. The molecule has 1 aromatic carbocycles. The number of methoxy groups -OCH3 is 1. The number of benzene rings is 1. The Morgan fingerprint density at radius 2 is 1.71 bits per heavy atom. The predicted molar refractivity (Wildman–Crippen MR) is 139 cm³/mol. The van der Waals surface area contributed by atoms with Crippen molar-refractivity contribution < 1.29 is 24.1 Å². The zero-order valence-electron chi connectivity index (χ0n) is 22.6. The summed E-state index contributed by atoms with van der Waals surface area (Å²) in [4.78, 5) is 19.7. The first-order valence-corrected chi connectivity index (χ1v) is 12.1. The van der Waals surface area contributed by atoms with Crippen LogP contribution >= 0.6 is 0 Å². The van der Waals surface area contributed by atoms with E-state index in [-0.39, 0.29) is 10.1 Å². The van der Waals surface area contributed by atoms with Crippen LogP contribution in [0.5, 0.6) is 5.75 Å². The summed E-state index contributed by atoms with van der Waals surface area (Å²) in [5, 5.41) is 10.3. The van der Waals surface area contributed by atoms with Gasteiger partial charge in [0.15, 0.2) is 6.10 Å². The monoisotopic (exact) mass is 488 g/mol. The van der Waals surface area contributed by atoms with Crippen molar-refractivity contribution in [1.82, 2.24) is 4.98 Å².